The Kier molecular flexibility index (Phi) is 4.99. The number of carbonyl (C=O) groups excluding carboxylic acids is 1. The molecule has 1 aromatic rings. The highest BCUT2D eigenvalue weighted by molar-refractivity contribution is 6.30. The van der Waals surface area contributed by atoms with Crippen molar-refractivity contribution >= 4 is 17.5 Å². The number of hydrogen-bond acceptors (Lipinski definition) is 2. The molecule has 0 fully saturated rings. The topological polar surface area (TPSA) is 55.1 Å². The highest BCUT2D eigenvalue weighted by atomic mass is 35.5. The van der Waals surface area contributed by atoms with Crippen LogP contribution in [0.25, 0.3) is 0 Å². The Morgan fingerprint density at radius 1 is 1.32 bits per heavy atom. The van der Waals surface area contributed by atoms with E-state index in [0.717, 1.165) is 11.4 Å². The monoisotopic (exact) mass is 282 g/mol. The highest BCUT2D eigenvalue weighted by Gasteiger charge is 2.25. The van der Waals surface area contributed by atoms with E-state index in [4.69, 9.17) is 17.3 Å². The van der Waals surface area contributed by atoms with Crippen LogP contribution in [0.5, 0.6) is 0 Å². The van der Waals surface area contributed by atoms with Gasteiger partial charge in [-0.25, -0.2) is 0 Å². The lowest BCUT2D eigenvalue weighted by Crippen LogP contribution is -2.51. The quantitative estimate of drug-likeness (QED) is 0.872. The first-order chi connectivity index (χ1) is 8.60. The van der Waals surface area contributed by atoms with E-state index in [1.54, 1.807) is 13.8 Å². The van der Waals surface area contributed by atoms with Crippen molar-refractivity contribution in [2.45, 2.75) is 39.7 Å². The van der Waals surface area contributed by atoms with Gasteiger partial charge in [0.15, 0.2) is 0 Å². The molecule has 0 aliphatic carbocycles. The van der Waals surface area contributed by atoms with Gasteiger partial charge in [0.2, 0.25) is 5.91 Å². The van der Waals surface area contributed by atoms with Crippen LogP contribution in [-0.4, -0.2) is 18.0 Å². The number of carbonyl (C=O) groups is 1. The zero-order valence-corrected chi connectivity index (χ0v) is 12.8. The molecule has 0 saturated carbocycles. The SMILES string of the molecule is CC(C)(CNC(=O)C(C)(C)N)Cc1cccc(Cl)c1. The Balaban J connectivity index is 2.59. The molecule has 0 saturated heterocycles. The van der Waals surface area contributed by atoms with E-state index in [9.17, 15) is 4.79 Å². The highest BCUT2D eigenvalue weighted by Crippen LogP contribution is 2.22. The van der Waals surface area contributed by atoms with Crippen molar-refractivity contribution in [3.8, 4) is 0 Å². The summed E-state index contributed by atoms with van der Waals surface area (Å²) in [4.78, 5) is 11.8. The van der Waals surface area contributed by atoms with Gasteiger partial charge >= 0.3 is 0 Å². The Morgan fingerprint density at radius 2 is 1.95 bits per heavy atom. The van der Waals surface area contributed by atoms with Crippen LogP contribution in [-0.2, 0) is 11.2 Å². The number of benzene rings is 1. The van der Waals surface area contributed by atoms with Crippen molar-refractivity contribution in [1.82, 2.24) is 5.32 Å². The van der Waals surface area contributed by atoms with Gasteiger partial charge in [-0.3, -0.25) is 4.79 Å². The summed E-state index contributed by atoms with van der Waals surface area (Å²) in [7, 11) is 0. The molecule has 0 spiro atoms. The van der Waals surface area contributed by atoms with Crippen molar-refractivity contribution in [1.29, 1.82) is 0 Å². The van der Waals surface area contributed by atoms with Gasteiger partial charge in [0.05, 0.1) is 5.54 Å². The molecule has 1 amide bonds. The molecule has 3 nitrogen and oxygen atoms in total. The Hall–Kier alpha value is -1.06. The number of amides is 1. The fourth-order valence-electron chi connectivity index (χ4n) is 1.81. The molecule has 0 aromatic heterocycles. The summed E-state index contributed by atoms with van der Waals surface area (Å²) in [6, 6.07) is 7.80. The normalized spacial score (nSPS) is 12.3. The maximum Gasteiger partial charge on any atom is 0.239 e. The molecule has 0 atom stereocenters. The van der Waals surface area contributed by atoms with Crippen molar-refractivity contribution in [2.75, 3.05) is 6.54 Å². The molecule has 4 heteroatoms. The average Bonchev–Trinajstić information content (AvgIpc) is 2.24. The summed E-state index contributed by atoms with van der Waals surface area (Å²) in [5.74, 6) is -0.133. The van der Waals surface area contributed by atoms with E-state index in [1.807, 2.05) is 24.3 Å². The largest absolute Gasteiger partial charge is 0.354 e. The minimum absolute atomic E-state index is 0.0500. The van der Waals surface area contributed by atoms with Crippen molar-refractivity contribution in [3.05, 3.63) is 34.9 Å². The Labute approximate surface area is 120 Å². The molecule has 3 N–H and O–H groups in total. The summed E-state index contributed by atoms with van der Waals surface area (Å²) < 4.78 is 0. The molecule has 1 aromatic carbocycles. The molecule has 0 unspecified atom stereocenters. The third kappa shape index (κ3) is 5.62. The fraction of sp³-hybridized carbons (Fsp3) is 0.533. The maximum atomic E-state index is 11.8. The molecule has 106 valence electrons. The second-order valence-corrected chi connectivity index (χ2v) is 6.81. The summed E-state index contributed by atoms with van der Waals surface area (Å²) in [6.07, 6.45) is 0.846. The first-order valence-electron chi connectivity index (χ1n) is 6.42. The van der Waals surface area contributed by atoms with E-state index in [-0.39, 0.29) is 11.3 Å². The standard InChI is InChI=1S/C15H23ClN2O/c1-14(2,10-18-13(19)15(3,4)17)9-11-6-5-7-12(16)8-11/h5-8H,9-10,17H2,1-4H3,(H,18,19). The number of halogens is 1. The Morgan fingerprint density at radius 3 is 2.47 bits per heavy atom. The zero-order valence-electron chi connectivity index (χ0n) is 12.1. The molecule has 1 rings (SSSR count). The van der Waals surface area contributed by atoms with Crippen LogP contribution in [0.4, 0.5) is 0 Å². The van der Waals surface area contributed by atoms with Crippen molar-refractivity contribution in [3.63, 3.8) is 0 Å². The summed E-state index contributed by atoms with van der Waals surface area (Å²) in [5.41, 5.74) is 6.03. The zero-order chi connectivity index (χ0) is 14.7. The van der Waals surface area contributed by atoms with Crippen molar-refractivity contribution in [2.24, 2.45) is 11.1 Å². The molecule has 0 bridgehead atoms. The summed E-state index contributed by atoms with van der Waals surface area (Å²) in [5, 5.41) is 3.64. The molecule has 0 aliphatic heterocycles. The first kappa shape index (κ1) is 16.0. The maximum absolute atomic E-state index is 11.8. The second kappa shape index (κ2) is 5.93. The molecule has 19 heavy (non-hydrogen) atoms. The first-order valence-corrected chi connectivity index (χ1v) is 6.80. The summed E-state index contributed by atoms with van der Waals surface area (Å²) >= 11 is 5.97. The van der Waals surface area contributed by atoms with E-state index in [2.05, 4.69) is 19.2 Å². The van der Waals surface area contributed by atoms with Gasteiger partial charge in [0, 0.05) is 11.6 Å². The van der Waals surface area contributed by atoms with Gasteiger partial charge in [0.1, 0.15) is 0 Å². The summed E-state index contributed by atoms with van der Waals surface area (Å²) in [6.45, 7) is 8.20. The van der Waals surface area contributed by atoms with Crippen LogP contribution in [0, 0.1) is 5.41 Å². The molecule has 0 aliphatic rings. The third-order valence-corrected chi connectivity index (χ3v) is 3.12. The minimum atomic E-state index is -0.841. The third-order valence-electron chi connectivity index (χ3n) is 2.88. The second-order valence-electron chi connectivity index (χ2n) is 6.38. The smallest absolute Gasteiger partial charge is 0.239 e. The van der Waals surface area contributed by atoms with Crippen LogP contribution in [0.2, 0.25) is 5.02 Å². The number of rotatable bonds is 5. The van der Waals surface area contributed by atoms with Crippen LogP contribution in [0.15, 0.2) is 24.3 Å². The van der Waals surface area contributed by atoms with Gasteiger partial charge in [0.25, 0.3) is 0 Å². The fourth-order valence-corrected chi connectivity index (χ4v) is 2.02. The van der Waals surface area contributed by atoms with Crippen LogP contribution in [0.3, 0.4) is 0 Å². The van der Waals surface area contributed by atoms with E-state index in [0.29, 0.717) is 6.54 Å². The van der Waals surface area contributed by atoms with Gasteiger partial charge in [-0.15, -0.1) is 0 Å². The lowest BCUT2D eigenvalue weighted by Gasteiger charge is -2.27. The van der Waals surface area contributed by atoms with Gasteiger partial charge in [-0.1, -0.05) is 37.6 Å². The number of hydrogen-bond donors (Lipinski definition) is 2. The molecule has 0 heterocycles. The van der Waals surface area contributed by atoms with E-state index in [1.165, 1.54) is 5.56 Å². The molecular formula is C15H23ClN2O. The van der Waals surface area contributed by atoms with Gasteiger partial charge in [-0.2, -0.15) is 0 Å². The molecular weight excluding hydrogens is 260 g/mol. The van der Waals surface area contributed by atoms with Gasteiger partial charge < -0.3 is 11.1 Å². The van der Waals surface area contributed by atoms with Crippen LogP contribution >= 0.6 is 11.6 Å². The van der Waals surface area contributed by atoms with E-state index < -0.39 is 5.54 Å². The average molecular weight is 283 g/mol. The lowest BCUT2D eigenvalue weighted by molar-refractivity contribution is -0.125. The number of nitrogens with one attached hydrogen (secondary N) is 1. The van der Waals surface area contributed by atoms with Crippen molar-refractivity contribution < 1.29 is 4.79 Å². The molecule has 0 radical (unpaired) electrons. The minimum Gasteiger partial charge on any atom is -0.354 e. The predicted molar refractivity (Wildman–Crippen MR) is 80.2 cm³/mol. The number of nitrogens with two attached hydrogens (primary N) is 1. The van der Waals surface area contributed by atoms with Crippen LogP contribution in [0.1, 0.15) is 33.3 Å². The lowest BCUT2D eigenvalue weighted by atomic mass is 9.85. The Bertz CT molecular complexity index is 450. The van der Waals surface area contributed by atoms with Crippen LogP contribution < -0.4 is 11.1 Å². The predicted octanol–water partition coefficient (Wildman–Crippen LogP) is 2.76. The van der Waals surface area contributed by atoms with Gasteiger partial charge in [-0.05, 0) is 43.4 Å². The van der Waals surface area contributed by atoms with E-state index >= 15 is 0 Å².